The third-order valence-electron chi connectivity index (χ3n) is 5.39. The molecular weight excluding hydrogens is 344 g/mol. The maximum atomic E-state index is 11.9. The van der Waals surface area contributed by atoms with E-state index in [-0.39, 0.29) is 11.7 Å². The minimum Gasteiger partial charge on any atom is -0.338 e. The normalized spacial score (nSPS) is 16.3. The van der Waals surface area contributed by atoms with Gasteiger partial charge in [0.05, 0.1) is 6.54 Å². The Balaban J connectivity index is 1.77. The van der Waals surface area contributed by atoms with Crippen LogP contribution in [0.2, 0.25) is 0 Å². The van der Waals surface area contributed by atoms with Crippen molar-refractivity contribution in [2.24, 2.45) is 23.1 Å². The van der Waals surface area contributed by atoms with Crippen LogP contribution in [0.1, 0.15) is 29.3 Å². The molecule has 2 aliphatic heterocycles. The molecule has 0 fully saturated rings. The summed E-state index contributed by atoms with van der Waals surface area (Å²) < 4.78 is 1.93. The van der Waals surface area contributed by atoms with E-state index in [0.717, 1.165) is 43.0 Å². The van der Waals surface area contributed by atoms with Crippen LogP contribution in [0.5, 0.6) is 0 Å². The van der Waals surface area contributed by atoms with Gasteiger partial charge in [0.15, 0.2) is 11.7 Å². The number of hydrogen-bond acceptors (Lipinski definition) is 6. The lowest BCUT2D eigenvalue weighted by molar-refractivity contribution is -0.129. The zero-order valence-electron chi connectivity index (χ0n) is 15.4. The first-order valence-corrected chi connectivity index (χ1v) is 8.90. The van der Waals surface area contributed by atoms with Gasteiger partial charge >= 0.3 is 0 Å². The number of amides is 1. The molecule has 2 aliphatic rings. The Bertz CT molecular complexity index is 961. The topological polar surface area (TPSA) is 116 Å². The van der Waals surface area contributed by atoms with Gasteiger partial charge in [-0.05, 0) is 18.1 Å². The van der Waals surface area contributed by atoms with Crippen molar-refractivity contribution < 1.29 is 4.79 Å². The molecule has 1 amide bonds. The number of amidine groups is 1. The first kappa shape index (κ1) is 17.2. The maximum absolute atomic E-state index is 11.9. The van der Waals surface area contributed by atoms with Crippen LogP contribution in [0.3, 0.4) is 0 Å². The van der Waals surface area contributed by atoms with Gasteiger partial charge in [-0.1, -0.05) is 12.1 Å². The Kier molecular flexibility index (Phi) is 4.14. The largest absolute Gasteiger partial charge is 0.338 e. The summed E-state index contributed by atoms with van der Waals surface area (Å²) in [7, 11) is 1.96. The fraction of sp³-hybridized carbons (Fsp3) is 0.389. The molecule has 0 unspecified atom stereocenters. The monoisotopic (exact) mass is 366 g/mol. The van der Waals surface area contributed by atoms with Gasteiger partial charge in [-0.2, -0.15) is 10.2 Å². The lowest BCUT2D eigenvalue weighted by Gasteiger charge is -2.28. The molecule has 0 spiro atoms. The van der Waals surface area contributed by atoms with Crippen molar-refractivity contribution in [2.75, 3.05) is 18.0 Å². The van der Waals surface area contributed by atoms with E-state index in [9.17, 15) is 4.79 Å². The highest BCUT2D eigenvalue weighted by Gasteiger charge is 2.31. The number of carbonyl (C=O) groups is 1. The van der Waals surface area contributed by atoms with E-state index in [1.807, 2.05) is 34.8 Å². The number of aromatic nitrogens is 2. The maximum Gasteiger partial charge on any atom is 0.219 e. The average Bonchev–Trinajstić information content (AvgIpc) is 3.23. The van der Waals surface area contributed by atoms with Gasteiger partial charge < -0.3 is 15.6 Å². The highest BCUT2D eigenvalue weighted by atomic mass is 16.2. The molecule has 27 heavy (non-hydrogen) atoms. The number of rotatable bonds is 2. The van der Waals surface area contributed by atoms with Crippen molar-refractivity contribution in [1.82, 2.24) is 14.7 Å². The standard InChI is InChI=1S/C18H22N8O/c1-11(27)25-7-6-15-14(10-25)18(23-24(15)2)26-8-5-12-3-4-13(9-16(12)26)17(21-19)22-20/h3-4,9,19H,5-8,10,20H2,1-2H3. The molecule has 0 aliphatic carbocycles. The molecule has 1 aromatic heterocycles. The number of nitrogens with two attached hydrogens (primary N) is 1. The van der Waals surface area contributed by atoms with Crippen molar-refractivity contribution in [1.29, 1.82) is 5.53 Å². The Morgan fingerprint density at radius 3 is 2.81 bits per heavy atom. The predicted octanol–water partition coefficient (Wildman–Crippen LogP) is 1.67. The van der Waals surface area contributed by atoms with Crippen LogP contribution in [-0.2, 0) is 31.2 Å². The van der Waals surface area contributed by atoms with Crippen LogP contribution in [0.4, 0.5) is 11.5 Å². The summed E-state index contributed by atoms with van der Waals surface area (Å²) in [6.45, 7) is 3.73. The summed E-state index contributed by atoms with van der Waals surface area (Å²) in [5, 5.41) is 11.8. The van der Waals surface area contributed by atoms with E-state index in [2.05, 4.69) is 15.1 Å². The first-order valence-electron chi connectivity index (χ1n) is 8.90. The van der Waals surface area contributed by atoms with Gasteiger partial charge in [0.1, 0.15) is 0 Å². The summed E-state index contributed by atoms with van der Waals surface area (Å²) in [5.74, 6) is 6.52. The number of carbonyl (C=O) groups excluding carboxylic acids is 1. The van der Waals surface area contributed by atoms with Crippen molar-refractivity contribution >= 4 is 23.2 Å². The Morgan fingerprint density at radius 2 is 2.11 bits per heavy atom. The Hall–Kier alpha value is -3.23. The summed E-state index contributed by atoms with van der Waals surface area (Å²) in [6, 6.07) is 5.87. The molecule has 4 rings (SSSR count). The summed E-state index contributed by atoms with van der Waals surface area (Å²) in [6.07, 6.45) is 1.71. The Labute approximate surface area is 156 Å². The average molecular weight is 366 g/mol. The molecule has 0 atom stereocenters. The summed E-state index contributed by atoms with van der Waals surface area (Å²) in [5.41, 5.74) is 12.5. The molecule has 9 nitrogen and oxygen atoms in total. The van der Waals surface area contributed by atoms with Crippen LogP contribution < -0.4 is 10.7 Å². The lowest BCUT2D eigenvalue weighted by atomic mass is 10.1. The van der Waals surface area contributed by atoms with E-state index in [1.54, 1.807) is 6.92 Å². The second-order valence-electron chi connectivity index (χ2n) is 6.87. The van der Waals surface area contributed by atoms with Crippen molar-refractivity contribution in [3.05, 3.63) is 40.6 Å². The highest BCUT2D eigenvalue weighted by Crippen LogP contribution is 2.38. The van der Waals surface area contributed by atoms with E-state index in [4.69, 9.17) is 16.5 Å². The van der Waals surface area contributed by atoms with E-state index in [1.165, 1.54) is 11.3 Å². The summed E-state index contributed by atoms with van der Waals surface area (Å²) >= 11 is 0. The number of aryl methyl sites for hydroxylation is 1. The number of anilines is 2. The molecule has 1 aromatic carbocycles. The van der Waals surface area contributed by atoms with Gasteiger partial charge in [-0.3, -0.25) is 9.48 Å². The number of nitrogens with one attached hydrogen (secondary N) is 1. The second kappa shape index (κ2) is 6.49. The van der Waals surface area contributed by atoms with E-state index >= 15 is 0 Å². The van der Waals surface area contributed by atoms with Gasteiger partial charge in [-0.15, -0.1) is 5.11 Å². The third kappa shape index (κ3) is 2.75. The lowest BCUT2D eigenvalue weighted by Crippen LogP contribution is -2.35. The fourth-order valence-corrected chi connectivity index (χ4v) is 3.96. The van der Waals surface area contributed by atoms with Crippen molar-refractivity contribution in [2.45, 2.75) is 26.3 Å². The van der Waals surface area contributed by atoms with Crippen LogP contribution in [-0.4, -0.2) is 39.5 Å². The molecule has 0 saturated heterocycles. The molecule has 140 valence electrons. The van der Waals surface area contributed by atoms with E-state index in [0.29, 0.717) is 12.1 Å². The number of nitrogens with zero attached hydrogens (tertiary/aromatic N) is 6. The highest BCUT2D eigenvalue weighted by molar-refractivity contribution is 6.00. The van der Waals surface area contributed by atoms with Gasteiger partial charge in [-0.25, -0.2) is 5.53 Å². The SMILES string of the molecule is CC(=O)N1CCc2c(c(N3CCc4ccc(C(N=N)=NN)cc43)nn2C)C1. The molecule has 0 saturated carbocycles. The minimum absolute atomic E-state index is 0.0837. The molecular formula is C18H22N8O. The third-order valence-corrected chi connectivity index (χ3v) is 5.39. The molecule has 2 aromatic rings. The predicted molar refractivity (Wildman–Crippen MR) is 101 cm³/mol. The smallest absolute Gasteiger partial charge is 0.219 e. The zero-order chi connectivity index (χ0) is 19.1. The molecule has 9 heteroatoms. The van der Waals surface area contributed by atoms with Crippen LogP contribution in [0.15, 0.2) is 28.4 Å². The van der Waals surface area contributed by atoms with Gasteiger partial charge in [0.2, 0.25) is 5.91 Å². The quantitative estimate of drug-likeness (QED) is 0.276. The molecule has 3 N–H and O–H groups in total. The fourth-order valence-electron chi connectivity index (χ4n) is 3.96. The molecule has 3 heterocycles. The number of hydrogen-bond donors (Lipinski definition) is 2. The first-order chi connectivity index (χ1) is 13.0. The van der Waals surface area contributed by atoms with Crippen molar-refractivity contribution in [3.8, 4) is 0 Å². The molecule has 0 bridgehead atoms. The minimum atomic E-state index is 0.0837. The summed E-state index contributed by atoms with van der Waals surface area (Å²) in [4.78, 5) is 15.9. The zero-order valence-corrected chi connectivity index (χ0v) is 15.4. The Morgan fingerprint density at radius 1 is 1.30 bits per heavy atom. The second-order valence-corrected chi connectivity index (χ2v) is 6.87. The van der Waals surface area contributed by atoms with E-state index < -0.39 is 0 Å². The van der Waals surface area contributed by atoms with Crippen LogP contribution in [0, 0.1) is 5.53 Å². The number of fused-ring (bicyclic) bond motifs is 2. The van der Waals surface area contributed by atoms with Gasteiger partial charge in [0.25, 0.3) is 0 Å². The van der Waals surface area contributed by atoms with Crippen LogP contribution >= 0.6 is 0 Å². The number of benzene rings is 1. The molecule has 0 radical (unpaired) electrons. The number of hydrazone groups is 1. The van der Waals surface area contributed by atoms with Crippen LogP contribution in [0.25, 0.3) is 0 Å². The van der Waals surface area contributed by atoms with Gasteiger partial charge in [0, 0.05) is 56.0 Å². The van der Waals surface area contributed by atoms with Crippen molar-refractivity contribution in [3.63, 3.8) is 0 Å².